The van der Waals surface area contributed by atoms with E-state index in [2.05, 4.69) is 65.0 Å². The lowest BCUT2D eigenvalue weighted by Crippen LogP contribution is -2.20. The zero-order chi connectivity index (χ0) is 16.3. The molecule has 0 aliphatic carbocycles. The summed E-state index contributed by atoms with van der Waals surface area (Å²) in [6.07, 6.45) is 0.0367. The second-order valence-electron chi connectivity index (χ2n) is 6.93. The Labute approximate surface area is 134 Å². The van der Waals surface area contributed by atoms with Crippen molar-refractivity contribution in [2.75, 3.05) is 7.11 Å². The van der Waals surface area contributed by atoms with E-state index in [1.54, 1.807) is 7.11 Å². The molecule has 2 rings (SSSR count). The summed E-state index contributed by atoms with van der Waals surface area (Å²) >= 11 is 0. The predicted molar refractivity (Wildman–Crippen MR) is 91.6 cm³/mol. The van der Waals surface area contributed by atoms with Gasteiger partial charge in [0.05, 0.1) is 6.10 Å². The first-order valence-corrected chi connectivity index (χ1v) is 7.69. The van der Waals surface area contributed by atoms with Gasteiger partial charge in [0, 0.05) is 7.11 Å². The first-order chi connectivity index (χ1) is 10.3. The smallest absolute Gasteiger partial charge is 0.130 e. The molecule has 2 nitrogen and oxygen atoms in total. The summed E-state index contributed by atoms with van der Waals surface area (Å²) in [6, 6.07) is 14.4. The third-order valence-electron chi connectivity index (χ3n) is 3.75. The van der Waals surface area contributed by atoms with Crippen molar-refractivity contribution in [1.29, 1.82) is 0 Å². The molecule has 0 saturated carbocycles. The average Bonchev–Trinajstić information content (AvgIpc) is 2.42. The average molecular weight is 298 g/mol. The Morgan fingerprint density at radius 1 is 0.955 bits per heavy atom. The summed E-state index contributed by atoms with van der Waals surface area (Å²) in [5, 5.41) is 0. The molecule has 1 atom stereocenters. The summed E-state index contributed by atoms with van der Waals surface area (Å²) < 4.78 is 11.8. The van der Waals surface area contributed by atoms with E-state index in [1.807, 2.05) is 12.1 Å². The van der Waals surface area contributed by atoms with Gasteiger partial charge >= 0.3 is 0 Å². The molecule has 2 aromatic carbocycles. The summed E-state index contributed by atoms with van der Waals surface area (Å²) in [7, 11) is 1.76. The molecule has 0 aromatic heterocycles. The first kappa shape index (κ1) is 16.6. The number of ether oxygens (including phenoxy) is 2. The minimum Gasteiger partial charge on any atom is -0.457 e. The molecule has 2 aromatic rings. The number of hydrogen-bond donors (Lipinski definition) is 0. The lowest BCUT2D eigenvalue weighted by atomic mass is 9.84. The van der Waals surface area contributed by atoms with Gasteiger partial charge in [0.25, 0.3) is 0 Å². The molecular formula is C20H26O2. The number of hydrogen-bond acceptors (Lipinski definition) is 2. The third kappa shape index (κ3) is 3.89. The number of aryl methyl sites for hydroxylation is 2. The van der Waals surface area contributed by atoms with Crippen molar-refractivity contribution in [1.82, 2.24) is 0 Å². The number of methoxy groups -OCH3 is 1. The van der Waals surface area contributed by atoms with Gasteiger partial charge in [-0.1, -0.05) is 45.0 Å². The van der Waals surface area contributed by atoms with Crippen LogP contribution in [0.4, 0.5) is 0 Å². The van der Waals surface area contributed by atoms with Gasteiger partial charge in [0.2, 0.25) is 0 Å². The normalized spacial score (nSPS) is 13.0. The summed E-state index contributed by atoms with van der Waals surface area (Å²) in [5.41, 5.74) is 3.50. The van der Waals surface area contributed by atoms with E-state index in [1.165, 1.54) is 5.56 Å². The van der Waals surface area contributed by atoms with Gasteiger partial charge in [-0.05, 0) is 54.2 Å². The van der Waals surface area contributed by atoms with E-state index in [9.17, 15) is 0 Å². The molecule has 0 heterocycles. The lowest BCUT2D eigenvalue weighted by Gasteiger charge is -2.30. The Balaban J connectivity index is 2.30. The number of benzene rings is 2. The highest BCUT2D eigenvalue weighted by Crippen LogP contribution is 2.37. The largest absolute Gasteiger partial charge is 0.457 e. The maximum Gasteiger partial charge on any atom is 0.130 e. The van der Waals surface area contributed by atoms with E-state index >= 15 is 0 Å². The van der Waals surface area contributed by atoms with Gasteiger partial charge in [0.15, 0.2) is 0 Å². The van der Waals surface area contributed by atoms with Crippen LogP contribution in [-0.4, -0.2) is 7.11 Å². The molecule has 22 heavy (non-hydrogen) atoms. The minimum absolute atomic E-state index is 0.0344. The van der Waals surface area contributed by atoms with Crippen LogP contribution in [0.2, 0.25) is 0 Å². The van der Waals surface area contributed by atoms with E-state index in [0.717, 1.165) is 22.6 Å². The maximum atomic E-state index is 6.08. The Kier molecular flexibility index (Phi) is 4.92. The molecule has 0 N–H and O–H groups in total. The lowest BCUT2D eigenvalue weighted by molar-refractivity contribution is 0.0151. The fraction of sp³-hybridized carbons (Fsp3) is 0.400. The zero-order valence-corrected chi connectivity index (χ0v) is 14.4. The molecule has 118 valence electrons. The van der Waals surface area contributed by atoms with Gasteiger partial charge in [0.1, 0.15) is 11.5 Å². The number of rotatable bonds is 4. The van der Waals surface area contributed by atoms with Crippen LogP contribution in [0.5, 0.6) is 11.5 Å². The molecule has 0 bridgehead atoms. The van der Waals surface area contributed by atoms with Crippen molar-refractivity contribution in [2.24, 2.45) is 5.41 Å². The molecule has 1 unspecified atom stereocenters. The van der Waals surface area contributed by atoms with Crippen LogP contribution in [-0.2, 0) is 4.74 Å². The summed E-state index contributed by atoms with van der Waals surface area (Å²) in [6.45, 7) is 10.7. The highest BCUT2D eigenvalue weighted by Gasteiger charge is 2.26. The highest BCUT2D eigenvalue weighted by atomic mass is 16.5. The second-order valence-corrected chi connectivity index (χ2v) is 6.93. The first-order valence-electron chi connectivity index (χ1n) is 7.69. The molecule has 0 aliphatic heterocycles. The van der Waals surface area contributed by atoms with Crippen LogP contribution in [0.15, 0.2) is 42.5 Å². The van der Waals surface area contributed by atoms with Gasteiger partial charge in [-0.2, -0.15) is 0 Å². The molecule has 0 amide bonds. The van der Waals surface area contributed by atoms with Crippen LogP contribution in [0, 0.1) is 19.3 Å². The van der Waals surface area contributed by atoms with E-state index in [0.29, 0.717) is 0 Å². The standard InChI is InChI=1S/C20H26O2/c1-14-10-11-15(2)18(12-14)22-17-9-7-8-16(13-17)19(21-6)20(3,4)5/h7-13,19H,1-6H3. The zero-order valence-electron chi connectivity index (χ0n) is 14.4. The summed E-state index contributed by atoms with van der Waals surface area (Å²) in [4.78, 5) is 0. The third-order valence-corrected chi connectivity index (χ3v) is 3.75. The Morgan fingerprint density at radius 2 is 1.68 bits per heavy atom. The molecule has 0 radical (unpaired) electrons. The molecule has 2 heteroatoms. The van der Waals surface area contributed by atoms with Crippen molar-refractivity contribution in [3.63, 3.8) is 0 Å². The van der Waals surface area contributed by atoms with E-state index in [-0.39, 0.29) is 11.5 Å². The van der Waals surface area contributed by atoms with E-state index < -0.39 is 0 Å². The van der Waals surface area contributed by atoms with Crippen molar-refractivity contribution >= 4 is 0 Å². The van der Waals surface area contributed by atoms with Crippen molar-refractivity contribution in [3.05, 3.63) is 59.2 Å². The van der Waals surface area contributed by atoms with E-state index in [4.69, 9.17) is 9.47 Å². The van der Waals surface area contributed by atoms with Crippen LogP contribution >= 0.6 is 0 Å². The van der Waals surface area contributed by atoms with Crippen LogP contribution in [0.3, 0.4) is 0 Å². The minimum atomic E-state index is 0.0344. The SMILES string of the molecule is COC(c1cccc(Oc2cc(C)ccc2C)c1)C(C)(C)C. The van der Waals surface area contributed by atoms with Crippen LogP contribution in [0.1, 0.15) is 43.6 Å². The molecule has 0 aliphatic rings. The molecule has 0 saturated heterocycles. The Bertz CT molecular complexity index is 638. The van der Waals surface area contributed by atoms with Gasteiger partial charge < -0.3 is 9.47 Å². The molecule has 0 fully saturated rings. The molecule has 0 spiro atoms. The maximum absolute atomic E-state index is 6.08. The van der Waals surface area contributed by atoms with Crippen molar-refractivity contribution in [2.45, 2.75) is 40.7 Å². The van der Waals surface area contributed by atoms with Gasteiger partial charge in [-0.25, -0.2) is 0 Å². The fourth-order valence-corrected chi connectivity index (χ4v) is 2.67. The van der Waals surface area contributed by atoms with Gasteiger partial charge in [-0.15, -0.1) is 0 Å². The summed E-state index contributed by atoms with van der Waals surface area (Å²) in [5.74, 6) is 1.75. The van der Waals surface area contributed by atoms with Crippen molar-refractivity contribution < 1.29 is 9.47 Å². The quantitative estimate of drug-likeness (QED) is 0.707. The van der Waals surface area contributed by atoms with Crippen molar-refractivity contribution in [3.8, 4) is 11.5 Å². The Morgan fingerprint density at radius 3 is 2.32 bits per heavy atom. The Hall–Kier alpha value is -1.80. The fourth-order valence-electron chi connectivity index (χ4n) is 2.67. The second kappa shape index (κ2) is 6.53. The topological polar surface area (TPSA) is 18.5 Å². The van der Waals surface area contributed by atoms with Crippen LogP contribution in [0.25, 0.3) is 0 Å². The monoisotopic (exact) mass is 298 g/mol. The van der Waals surface area contributed by atoms with Crippen LogP contribution < -0.4 is 4.74 Å². The van der Waals surface area contributed by atoms with Gasteiger partial charge in [-0.3, -0.25) is 0 Å². The molecular weight excluding hydrogens is 272 g/mol. The predicted octanol–water partition coefficient (Wildman–Crippen LogP) is 5.83. The highest BCUT2D eigenvalue weighted by molar-refractivity contribution is 5.41.